The summed E-state index contributed by atoms with van der Waals surface area (Å²) in [5.74, 6) is -0.121. The van der Waals surface area contributed by atoms with E-state index in [1.165, 1.54) is 0 Å². The number of rotatable bonds is 3. The Morgan fingerprint density at radius 1 is 1.44 bits per heavy atom. The van der Waals surface area contributed by atoms with Crippen molar-refractivity contribution in [3.63, 3.8) is 0 Å². The summed E-state index contributed by atoms with van der Waals surface area (Å²) >= 11 is 6.77. The van der Waals surface area contributed by atoms with Crippen molar-refractivity contribution in [3.05, 3.63) is 27.1 Å². The molecule has 1 aromatic rings. The van der Waals surface area contributed by atoms with E-state index in [4.69, 9.17) is 10.5 Å². The molecule has 0 aromatic heterocycles. The van der Waals surface area contributed by atoms with Crippen LogP contribution in [0.5, 0.6) is 0 Å². The van der Waals surface area contributed by atoms with Gasteiger partial charge in [-0.25, -0.2) is 0 Å². The first-order chi connectivity index (χ1) is 8.60. The summed E-state index contributed by atoms with van der Waals surface area (Å²) in [4.78, 5) is 12.0. The predicted octanol–water partition coefficient (Wildman–Crippen LogP) is 2.66. The Kier molecular flexibility index (Phi) is 4.77. The van der Waals surface area contributed by atoms with Crippen molar-refractivity contribution in [2.75, 3.05) is 11.9 Å². The first-order valence-electron chi connectivity index (χ1n) is 5.71. The van der Waals surface area contributed by atoms with E-state index in [2.05, 4.69) is 37.2 Å². The number of nitrogens with one attached hydrogen (secondary N) is 1. The fraction of sp³-hybridized carbons (Fsp3) is 0.417. The summed E-state index contributed by atoms with van der Waals surface area (Å²) in [5.41, 5.74) is 6.25. The lowest BCUT2D eigenvalue weighted by Gasteiger charge is -2.13. The van der Waals surface area contributed by atoms with Crippen molar-refractivity contribution >= 4 is 43.5 Å². The topological polar surface area (TPSA) is 64.4 Å². The molecule has 1 amide bonds. The molecule has 1 aliphatic heterocycles. The molecular formula is C12H14Br2N2O2. The van der Waals surface area contributed by atoms with Gasteiger partial charge in [0.25, 0.3) is 5.91 Å². The SMILES string of the molecule is NCC1CCC(C(=O)Nc2cc(Br)ccc2Br)O1. The van der Waals surface area contributed by atoms with E-state index in [-0.39, 0.29) is 12.0 Å². The van der Waals surface area contributed by atoms with Gasteiger partial charge in [-0.05, 0) is 47.0 Å². The molecule has 0 radical (unpaired) electrons. The van der Waals surface area contributed by atoms with Gasteiger partial charge in [-0.15, -0.1) is 0 Å². The van der Waals surface area contributed by atoms with Crippen molar-refractivity contribution in [3.8, 4) is 0 Å². The molecule has 1 saturated heterocycles. The van der Waals surface area contributed by atoms with E-state index in [0.29, 0.717) is 6.54 Å². The average molecular weight is 378 g/mol. The maximum atomic E-state index is 12.0. The van der Waals surface area contributed by atoms with Crippen LogP contribution in [0.25, 0.3) is 0 Å². The van der Waals surface area contributed by atoms with Gasteiger partial charge in [0.1, 0.15) is 6.10 Å². The van der Waals surface area contributed by atoms with Gasteiger partial charge >= 0.3 is 0 Å². The highest BCUT2D eigenvalue weighted by Gasteiger charge is 2.30. The summed E-state index contributed by atoms with van der Waals surface area (Å²) in [5, 5.41) is 2.86. The minimum absolute atomic E-state index is 0.00620. The van der Waals surface area contributed by atoms with Gasteiger partial charge < -0.3 is 15.8 Å². The molecule has 6 heteroatoms. The van der Waals surface area contributed by atoms with Crippen molar-refractivity contribution in [2.45, 2.75) is 25.0 Å². The van der Waals surface area contributed by atoms with E-state index >= 15 is 0 Å². The van der Waals surface area contributed by atoms with E-state index in [0.717, 1.165) is 27.5 Å². The number of carbonyl (C=O) groups excluding carboxylic acids is 1. The Bertz CT molecular complexity index is 454. The lowest BCUT2D eigenvalue weighted by molar-refractivity contribution is -0.126. The molecule has 2 atom stereocenters. The molecule has 2 rings (SSSR count). The number of ether oxygens (including phenoxy) is 1. The van der Waals surface area contributed by atoms with Crippen LogP contribution < -0.4 is 11.1 Å². The largest absolute Gasteiger partial charge is 0.364 e. The maximum absolute atomic E-state index is 12.0. The smallest absolute Gasteiger partial charge is 0.253 e. The molecule has 0 spiro atoms. The summed E-state index contributed by atoms with van der Waals surface area (Å²) in [6.45, 7) is 0.463. The molecule has 2 unspecified atom stereocenters. The lowest BCUT2D eigenvalue weighted by atomic mass is 10.2. The summed E-state index contributed by atoms with van der Waals surface area (Å²) in [6.07, 6.45) is 1.17. The number of nitrogens with two attached hydrogens (primary N) is 1. The highest BCUT2D eigenvalue weighted by atomic mass is 79.9. The Balaban J connectivity index is 2.01. The maximum Gasteiger partial charge on any atom is 0.253 e. The molecule has 98 valence electrons. The van der Waals surface area contributed by atoms with Gasteiger partial charge in [-0.3, -0.25) is 4.79 Å². The summed E-state index contributed by atoms with van der Waals surface area (Å²) in [7, 11) is 0. The molecule has 4 nitrogen and oxygen atoms in total. The second kappa shape index (κ2) is 6.14. The van der Waals surface area contributed by atoms with E-state index in [1.54, 1.807) is 0 Å². The minimum atomic E-state index is -0.399. The highest BCUT2D eigenvalue weighted by molar-refractivity contribution is 9.11. The molecule has 1 fully saturated rings. The van der Waals surface area contributed by atoms with Gasteiger partial charge in [-0.1, -0.05) is 15.9 Å². The molecular weight excluding hydrogens is 364 g/mol. The fourth-order valence-electron chi connectivity index (χ4n) is 1.88. The Hall–Kier alpha value is -0.430. The summed E-state index contributed by atoms with van der Waals surface area (Å²) in [6, 6.07) is 5.62. The second-order valence-electron chi connectivity index (χ2n) is 4.17. The molecule has 1 aromatic carbocycles. The Labute approximate surface area is 123 Å². The summed E-state index contributed by atoms with van der Waals surface area (Å²) < 4.78 is 7.30. The zero-order chi connectivity index (χ0) is 13.1. The van der Waals surface area contributed by atoms with E-state index in [1.807, 2.05) is 18.2 Å². The number of carbonyl (C=O) groups is 1. The molecule has 0 bridgehead atoms. The highest BCUT2D eigenvalue weighted by Crippen LogP contribution is 2.27. The van der Waals surface area contributed by atoms with Crippen LogP contribution in [0.1, 0.15) is 12.8 Å². The van der Waals surface area contributed by atoms with Crippen molar-refractivity contribution < 1.29 is 9.53 Å². The zero-order valence-electron chi connectivity index (χ0n) is 9.66. The van der Waals surface area contributed by atoms with E-state index < -0.39 is 6.10 Å². The minimum Gasteiger partial charge on any atom is -0.364 e. The van der Waals surface area contributed by atoms with Crippen molar-refractivity contribution in [1.82, 2.24) is 0 Å². The zero-order valence-corrected chi connectivity index (χ0v) is 12.8. The first kappa shape index (κ1) is 14.0. The van der Waals surface area contributed by atoms with Crippen LogP contribution >= 0.6 is 31.9 Å². The third kappa shape index (κ3) is 3.32. The normalized spacial score (nSPS) is 23.1. The van der Waals surface area contributed by atoms with Crippen LogP contribution in [0.4, 0.5) is 5.69 Å². The van der Waals surface area contributed by atoms with Crippen LogP contribution in [0, 0.1) is 0 Å². The van der Waals surface area contributed by atoms with Gasteiger partial charge in [-0.2, -0.15) is 0 Å². The monoisotopic (exact) mass is 376 g/mol. The van der Waals surface area contributed by atoms with E-state index in [9.17, 15) is 4.79 Å². The van der Waals surface area contributed by atoms with Gasteiger partial charge in [0, 0.05) is 15.5 Å². The lowest BCUT2D eigenvalue weighted by Crippen LogP contribution is -2.29. The number of hydrogen-bond donors (Lipinski definition) is 2. The molecule has 0 aliphatic carbocycles. The standard InChI is InChI=1S/C12H14Br2N2O2/c13-7-1-3-9(14)10(5-7)16-12(17)11-4-2-8(6-15)18-11/h1,3,5,8,11H,2,4,6,15H2,(H,16,17). The molecule has 1 aliphatic rings. The molecule has 18 heavy (non-hydrogen) atoms. The molecule has 1 heterocycles. The quantitative estimate of drug-likeness (QED) is 0.850. The number of anilines is 1. The van der Waals surface area contributed by atoms with Gasteiger partial charge in [0.2, 0.25) is 0 Å². The van der Waals surface area contributed by atoms with Crippen LogP contribution in [0.2, 0.25) is 0 Å². The first-order valence-corrected chi connectivity index (χ1v) is 7.30. The average Bonchev–Trinajstić information content (AvgIpc) is 2.82. The Morgan fingerprint density at radius 2 is 2.22 bits per heavy atom. The third-order valence-corrected chi connectivity index (χ3v) is 4.03. The van der Waals surface area contributed by atoms with Crippen LogP contribution in [-0.4, -0.2) is 24.7 Å². The number of amides is 1. The second-order valence-corrected chi connectivity index (χ2v) is 5.94. The number of halogens is 2. The van der Waals surface area contributed by atoms with Crippen LogP contribution in [0.3, 0.4) is 0 Å². The van der Waals surface area contributed by atoms with Crippen molar-refractivity contribution in [2.24, 2.45) is 5.73 Å². The Morgan fingerprint density at radius 3 is 2.89 bits per heavy atom. The fourth-order valence-corrected chi connectivity index (χ4v) is 2.59. The third-order valence-electron chi connectivity index (χ3n) is 2.85. The van der Waals surface area contributed by atoms with Crippen molar-refractivity contribution in [1.29, 1.82) is 0 Å². The number of hydrogen-bond acceptors (Lipinski definition) is 3. The molecule has 0 saturated carbocycles. The van der Waals surface area contributed by atoms with Crippen LogP contribution in [0.15, 0.2) is 27.1 Å². The molecule has 3 N–H and O–H groups in total. The van der Waals surface area contributed by atoms with Crippen LogP contribution in [-0.2, 0) is 9.53 Å². The number of benzene rings is 1. The predicted molar refractivity (Wildman–Crippen MR) is 77.4 cm³/mol. The van der Waals surface area contributed by atoms with Gasteiger partial charge in [0.05, 0.1) is 11.8 Å². The van der Waals surface area contributed by atoms with Gasteiger partial charge in [0.15, 0.2) is 0 Å².